The van der Waals surface area contributed by atoms with Crippen LogP contribution < -0.4 is 0 Å². The molecule has 0 aromatic rings. The van der Waals surface area contributed by atoms with E-state index in [1.165, 1.54) is 24.2 Å². The number of carbonyl (C=O) groups excluding carboxylic acids is 1. The lowest BCUT2D eigenvalue weighted by atomic mass is 9.92. The molecule has 19 heavy (non-hydrogen) atoms. The summed E-state index contributed by atoms with van der Waals surface area (Å²) in [5.74, 6) is -0.284. The SMILES string of the molecule is CCCN(CC(=O)O)C(=O)N1CCCC2CCCC21. The Morgan fingerprint density at radius 2 is 2.00 bits per heavy atom. The van der Waals surface area contributed by atoms with Gasteiger partial charge in [0.05, 0.1) is 0 Å². The molecule has 0 aromatic carbocycles. The Morgan fingerprint density at radius 3 is 2.68 bits per heavy atom. The molecule has 1 N–H and O–H groups in total. The summed E-state index contributed by atoms with van der Waals surface area (Å²) in [6.07, 6.45) is 6.58. The number of aliphatic carboxylic acids is 1. The molecule has 2 fully saturated rings. The van der Waals surface area contributed by atoms with E-state index < -0.39 is 5.97 Å². The highest BCUT2D eigenvalue weighted by molar-refractivity contribution is 5.80. The molecule has 2 unspecified atom stereocenters. The van der Waals surface area contributed by atoms with Gasteiger partial charge in [-0.25, -0.2) is 4.79 Å². The lowest BCUT2D eigenvalue weighted by Crippen LogP contribution is -2.53. The van der Waals surface area contributed by atoms with Gasteiger partial charge >= 0.3 is 12.0 Å². The fourth-order valence-electron chi connectivity index (χ4n) is 3.55. The van der Waals surface area contributed by atoms with Gasteiger partial charge in [0.1, 0.15) is 6.54 Å². The molecule has 1 aliphatic carbocycles. The van der Waals surface area contributed by atoms with Gasteiger partial charge in [-0.3, -0.25) is 4.79 Å². The average Bonchev–Trinajstić information content (AvgIpc) is 2.85. The standard InChI is InChI=1S/C14H24N2O3/c1-2-8-15(10-13(17)18)14(19)16-9-4-6-11-5-3-7-12(11)16/h11-12H,2-10H2,1H3,(H,17,18). The number of urea groups is 1. The molecule has 2 rings (SSSR count). The summed E-state index contributed by atoms with van der Waals surface area (Å²) in [7, 11) is 0. The van der Waals surface area contributed by atoms with Crippen molar-refractivity contribution < 1.29 is 14.7 Å². The van der Waals surface area contributed by atoms with Crippen LogP contribution in [0.5, 0.6) is 0 Å². The van der Waals surface area contributed by atoms with Crippen LogP contribution >= 0.6 is 0 Å². The maximum Gasteiger partial charge on any atom is 0.323 e. The van der Waals surface area contributed by atoms with Crippen LogP contribution in [0.4, 0.5) is 4.79 Å². The molecule has 0 radical (unpaired) electrons. The van der Waals surface area contributed by atoms with Crippen molar-refractivity contribution in [3.63, 3.8) is 0 Å². The minimum Gasteiger partial charge on any atom is -0.480 e. The second kappa shape index (κ2) is 6.26. The predicted molar refractivity (Wildman–Crippen MR) is 72.0 cm³/mol. The van der Waals surface area contributed by atoms with Gasteiger partial charge < -0.3 is 14.9 Å². The van der Waals surface area contributed by atoms with E-state index in [0.717, 1.165) is 25.8 Å². The minimum atomic E-state index is -0.929. The Balaban J connectivity index is 2.04. The maximum absolute atomic E-state index is 12.6. The number of carboxylic acid groups (broad SMARTS) is 1. The van der Waals surface area contributed by atoms with Crippen molar-refractivity contribution in [3.05, 3.63) is 0 Å². The monoisotopic (exact) mass is 268 g/mol. The van der Waals surface area contributed by atoms with Gasteiger partial charge in [-0.15, -0.1) is 0 Å². The zero-order chi connectivity index (χ0) is 13.8. The topological polar surface area (TPSA) is 60.9 Å². The molecule has 108 valence electrons. The number of nitrogens with zero attached hydrogens (tertiary/aromatic N) is 2. The van der Waals surface area contributed by atoms with Gasteiger partial charge in [0, 0.05) is 19.1 Å². The van der Waals surface area contributed by atoms with Crippen molar-refractivity contribution >= 4 is 12.0 Å². The summed E-state index contributed by atoms with van der Waals surface area (Å²) >= 11 is 0. The smallest absolute Gasteiger partial charge is 0.323 e. The minimum absolute atomic E-state index is 0.0687. The van der Waals surface area contributed by atoms with E-state index in [9.17, 15) is 9.59 Å². The van der Waals surface area contributed by atoms with E-state index in [1.54, 1.807) is 0 Å². The lowest BCUT2D eigenvalue weighted by molar-refractivity contribution is -0.137. The lowest BCUT2D eigenvalue weighted by Gasteiger charge is -2.40. The van der Waals surface area contributed by atoms with Crippen molar-refractivity contribution in [1.82, 2.24) is 9.80 Å². The number of carbonyl (C=O) groups is 2. The third-order valence-electron chi connectivity index (χ3n) is 4.33. The second-order valence-corrected chi connectivity index (χ2v) is 5.69. The van der Waals surface area contributed by atoms with E-state index in [4.69, 9.17) is 5.11 Å². The molecule has 0 spiro atoms. The molecule has 2 aliphatic rings. The van der Waals surface area contributed by atoms with Crippen molar-refractivity contribution in [3.8, 4) is 0 Å². The number of carboxylic acids is 1. The van der Waals surface area contributed by atoms with Gasteiger partial charge in [0.15, 0.2) is 0 Å². The number of fused-ring (bicyclic) bond motifs is 1. The molecule has 2 amide bonds. The molecule has 1 saturated carbocycles. The summed E-state index contributed by atoms with van der Waals surface area (Å²) in [4.78, 5) is 26.9. The van der Waals surface area contributed by atoms with Crippen molar-refractivity contribution in [2.75, 3.05) is 19.6 Å². The zero-order valence-electron chi connectivity index (χ0n) is 11.7. The van der Waals surface area contributed by atoms with Crippen LogP contribution in [0.3, 0.4) is 0 Å². The maximum atomic E-state index is 12.6. The van der Waals surface area contributed by atoms with Gasteiger partial charge in [0.25, 0.3) is 0 Å². The molecular weight excluding hydrogens is 244 g/mol. The van der Waals surface area contributed by atoms with E-state index in [2.05, 4.69) is 0 Å². The Morgan fingerprint density at radius 1 is 1.26 bits per heavy atom. The summed E-state index contributed by atoms with van der Waals surface area (Å²) in [6.45, 7) is 3.11. The molecule has 0 aromatic heterocycles. The normalized spacial score (nSPS) is 26.1. The van der Waals surface area contributed by atoms with Crippen molar-refractivity contribution in [2.45, 2.75) is 51.5 Å². The Kier molecular flexibility index (Phi) is 4.66. The first kappa shape index (κ1) is 14.2. The fraction of sp³-hybridized carbons (Fsp3) is 0.857. The van der Waals surface area contributed by atoms with Crippen LogP contribution in [0.2, 0.25) is 0 Å². The van der Waals surface area contributed by atoms with Crippen molar-refractivity contribution in [1.29, 1.82) is 0 Å². The van der Waals surface area contributed by atoms with Gasteiger partial charge in [-0.1, -0.05) is 13.3 Å². The first-order chi connectivity index (χ1) is 9.13. The molecular formula is C14H24N2O3. The first-order valence-corrected chi connectivity index (χ1v) is 7.40. The highest BCUT2D eigenvalue weighted by Crippen LogP contribution is 2.37. The van der Waals surface area contributed by atoms with Gasteiger partial charge in [-0.05, 0) is 38.0 Å². The molecule has 1 aliphatic heterocycles. The quantitative estimate of drug-likeness (QED) is 0.850. The fourth-order valence-corrected chi connectivity index (χ4v) is 3.55. The Hall–Kier alpha value is -1.26. The highest BCUT2D eigenvalue weighted by Gasteiger charge is 2.38. The Labute approximate surface area is 114 Å². The number of likely N-dealkylation sites (tertiary alicyclic amines) is 1. The number of hydrogen-bond acceptors (Lipinski definition) is 2. The first-order valence-electron chi connectivity index (χ1n) is 7.40. The summed E-state index contributed by atoms with van der Waals surface area (Å²) in [5, 5.41) is 8.93. The van der Waals surface area contributed by atoms with Gasteiger partial charge in [0.2, 0.25) is 0 Å². The van der Waals surface area contributed by atoms with E-state index in [1.807, 2.05) is 11.8 Å². The third-order valence-corrected chi connectivity index (χ3v) is 4.33. The molecule has 1 heterocycles. The zero-order valence-corrected chi connectivity index (χ0v) is 11.7. The van der Waals surface area contributed by atoms with E-state index in [0.29, 0.717) is 18.5 Å². The summed E-state index contributed by atoms with van der Waals surface area (Å²) in [5.41, 5.74) is 0. The number of rotatable bonds is 4. The van der Waals surface area contributed by atoms with Crippen LogP contribution in [0, 0.1) is 5.92 Å². The van der Waals surface area contributed by atoms with Crippen LogP contribution in [-0.2, 0) is 4.79 Å². The molecule has 0 bridgehead atoms. The van der Waals surface area contributed by atoms with E-state index in [-0.39, 0.29) is 12.6 Å². The second-order valence-electron chi connectivity index (χ2n) is 5.69. The van der Waals surface area contributed by atoms with Crippen molar-refractivity contribution in [2.24, 2.45) is 5.92 Å². The van der Waals surface area contributed by atoms with Crippen LogP contribution in [0.25, 0.3) is 0 Å². The van der Waals surface area contributed by atoms with E-state index >= 15 is 0 Å². The predicted octanol–water partition coefficient (Wildman–Crippen LogP) is 2.17. The van der Waals surface area contributed by atoms with Crippen LogP contribution in [-0.4, -0.2) is 52.6 Å². The number of amides is 2. The van der Waals surface area contributed by atoms with Crippen LogP contribution in [0.15, 0.2) is 0 Å². The third kappa shape index (κ3) is 3.19. The number of piperidine rings is 1. The summed E-state index contributed by atoms with van der Waals surface area (Å²) in [6, 6.07) is 0.287. The summed E-state index contributed by atoms with van der Waals surface area (Å²) < 4.78 is 0. The molecule has 5 nitrogen and oxygen atoms in total. The number of hydrogen-bond donors (Lipinski definition) is 1. The largest absolute Gasteiger partial charge is 0.480 e. The Bertz CT molecular complexity index is 346. The van der Waals surface area contributed by atoms with Gasteiger partial charge in [-0.2, -0.15) is 0 Å². The highest BCUT2D eigenvalue weighted by atomic mass is 16.4. The molecule has 5 heteroatoms. The average molecular weight is 268 g/mol. The molecule has 1 saturated heterocycles. The van der Waals surface area contributed by atoms with Crippen LogP contribution in [0.1, 0.15) is 45.4 Å². The molecule has 2 atom stereocenters.